The zero-order chi connectivity index (χ0) is 16.8. The van der Waals surface area contributed by atoms with Crippen LogP contribution < -0.4 is 15.4 Å². The van der Waals surface area contributed by atoms with E-state index in [0.29, 0.717) is 18.2 Å². The largest absolute Gasteiger partial charge is 0.338 e. The van der Waals surface area contributed by atoms with Gasteiger partial charge in [-0.3, -0.25) is 0 Å². The Balaban J connectivity index is 2.68. The molecule has 0 saturated heterocycles. The maximum atomic E-state index is 12.1. The van der Waals surface area contributed by atoms with Crippen molar-refractivity contribution in [2.45, 2.75) is 45.1 Å². The monoisotopic (exact) mass is 327 g/mol. The smallest absolute Gasteiger partial charge is 0.319 e. The molecule has 0 aliphatic heterocycles. The van der Waals surface area contributed by atoms with Crippen LogP contribution in [-0.4, -0.2) is 27.0 Å². The topological polar surface area (TPSA) is 87.3 Å². The number of carbonyl (C=O) groups is 1. The number of benzene rings is 1. The van der Waals surface area contributed by atoms with E-state index in [1.54, 1.807) is 12.1 Å². The number of amides is 2. The predicted molar refractivity (Wildman–Crippen MR) is 88.4 cm³/mol. The number of anilines is 1. The first-order valence-electron chi connectivity index (χ1n) is 7.41. The van der Waals surface area contributed by atoms with Crippen LogP contribution in [0.25, 0.3) is 0 Å². The quantitative estimate of drug-likeness (QED) is 0.719. The van der Waals surface area contributed by atoms with Crippen LogP contribution in [0, 0.1) is 5.92 Å². The fourth-order valence-electron chi connectivity index (χ4n) is 1.61. The number of nitrogens with one attached hydrogen (secondary N) is 3. The summed E-state index contributed by atoms with van der Waals surface area (Å²) in [7, 11) is -3.52. The molecule has 0 fully saturated rings. The van der Waals surface area contributed by atoms with Gasteiger partial charge in [-0.25, -0.2) is 17.9 Å². The van der Waals surface area contributed by atoms with Gasteiger partial charge < -0.3 is 10.6 Å². The molecule has 0 saturated carbocycles. The first kappa shape index (κ1) is 18.4. The van der Waals surface area contributed by atoms with Gasteiger partial charge in [-0.2, -0.15) is 0 Å². The average molecular weight is 327 g/mol. The van der Waals surface area contributed by atoms with E-state index >= 15 is 0 Å². The van der Waals surface area contributed by atoms with E-state index in [2.05, 4.69) is 15.4 Å². The van der Waals surface area contributed by atoms with E-state index in [1.807, 2.05) is 27.7 Å². The highest BCUT2D eigenvalue weighted by Crippen LogP contribution is 2.14. The third kappa shape index (κ3) is 6.03. The zero-order valence-electron chi connectivity index (χ0n) is 13.5. The lowest BCUT2D eigenvalue weighted by molar-refractivity contribution is 0.251. The molecule has 2 amide bonds. The fraction of sp³-hybridized carbons (Fsp3) is 0.533. The molecule has 3 N–H and O–H groups in total. The number of hydrogen-bond donors (Lipinski definition) is 3. The van der Waals surface area contributed by atoms with Gasteiger partial charge in [0.15, 0.2) is 0 Å². The molecule has 0 heterocycles. The van der Waals surface area contributed by atoms with Crippen molar-refractivity contribution in [3.63, 3.8) is 0 Å². The van der Waals surface area contributed by atoms with Crippen molar-refractivity contribution in [3.8, 4) is 0 Å². The molecule has 22 heavy (non-hydrogen) atoms. The summed E-state index contributed by atoms with van der Waals surface area (Å²) in [5, 5.41) is 5.39. The Labute approximate surface area is 132 Å². The molecule has 0 unspecified atom stereocenters. The molecule has 7 heteroatoms. The van der Waals surface area contributed by atoms with Crippen LogP contribution in [0.4, 0.5) is 10.5 Å². The molecular weight excluding hydrogens is 302 g/mol. The van der Waals surface area contributed by atoms with Crippen molar-refractivity contribution >= 4 is 21.7 Å². The van der Waals surface area contributed by atoms with E-state index in [0.717, 1.165) is 6.42 Å². The first-order chi connectivity index (χ1) is 10.2. The van der Waals surface area contributed by atoms with Crippen LogP contribution in [0.15, 0.2) is 29.2 Å². The van der Waals surface area contributed by atoms with Crippen molar-refractivity contribution in [1.82, 2.24) is 10.0 Å². The maximum absolute atomic E-state index is 12.1. The highest BCUT2D eigenvalue weighted by molar-refractivity contribution is 7.89. The van der Waals surface area contributed by atoms with E-state index in [1.165, 1.54) is 12.1 Å². The number of urea groups is 1. The predicted octanol–water partition coefficient (Wildman–Crippen LogP) is 2.54. The van der Waals surface area contributed by atoms with E-state index in [4.69, 9.17) is 0 Å². The summed E-state index contributed by atoms with van der Waals surface area (Å²) < 4.78 is 26.8. The molecule has 0 aliphatic rings. The summed E-state index contributed by atoms with van der Waals surface area (Å²) in [6, 6.07) is 5.66. The fourth-order valence-corrected chi connectivity index (χ4v) is 2.93. The molecule has 1 aromatic rings. The Kier molecular flexibility index (Phi) is 6.83. The lowest BCUT2D eigenvalue weighted by Crippen LogP contribution is -2.32. The lowest BCUT2D eigenvalue weighted by atomic mass is 10.2. The SMILES string of the molecule is CC[C@@H](C)NS(=O)(=O)c1ccc(NC(=O)NCC(C)C)cc1. The third-order valence-corrected chi connectivity index (χ3v) is 4.67. The van der Waals surface area contributed by atoms with Gasteiger partial charge in [0.05, 0.1) is 4.90 Å². The minimum Gasteiger partial charge on any atom is -0.338 e. The maximum Gasteiger partial charge on any atom is 0.319 e. The summed E-state index contributed by atoms with van der Waals surface area (Å²) in [6.45, 7) is 8.31. The number of carbonyl (C=O) groups excluding carboxylic acids is 1. The average Bonchev–Trinajstić information content (AvgIpc) is 2.45. The molecular formula is C15H25N3O3S. The highest BCUT2D eigenvalue weighted by atomic mass is 32.2. The second kappa shape index (κ2) is 8.14. The van der Waals surface area contributed by atoms with E-state index in [9.17, 15) is 13.2 Å². The molecule has 0 spiro atoms. The zero-order valence-corrected chi connectivity index (χ0v) is 14.3. The summed E-state index contributed by atoms with van der Waals surface area (Å²) in [6.07, 6.45) is 0.717. The molecule has 124 valence electrons. The lowest BCUT2D eigenvalue weighted by Gasteiger charge is -2.13. The Morgan fingerprint density at radius 3 is 2.23 bits per heavy atom. The summed E-state index contributed by atoms with van der Waals surface area (Å²) >= 11 is 0. The molecule has 0 aromatic heterocycles. The van der Waals surface area contributed by atoms with Crippen LogP contribution >= 0.6 is 0 Å². The van der Waals surface area contributed by atoms with Gasteiger partial charge in [0.1, 0.15) is 0 Å². The van der Waals surface area contributed by atoms with Crippen LogP contribution in [0.1, 0.15) is 34.1 Å². The van der Waals surface area contributed by atoms with Gasteiger partial charge in [0.25, 0.3) is 0 Å². The molecule has 1 atom stereocenters. The van der Waals surface area contributed by atoms with Gasteiger partial charge in [0, 0.05) is 18.3 Å². The normalized spacial score (nSPS) is 13.0. The van der Waals surface area contributed by atoms with Crippen molar-refractivity contribution < 1.29 is 13.2 Å². The molecule has 1 aromatic carbocycles. The molecule has 6 nitrogen and oxygen atoms in total. The van der Waals surface area contributed by atoms with Gasteiger partial charge in [-0.05, 0) is 43.5 Å². The Hall–Kier alpha value is -1.60. The van der Waals surface area contributed by atoms with Crippen LogP contribution in [-0.2, 0) is 10.0 Å². The van der Waals surface area contributed by atoms with E-state index < -0.39 is 10.0 Å². The number of rotatable bonds is 7. The van der Waals surface area contributed by atoms with Gasteiger partial charge in [-0.1, -0.05) is 20.8 Å². The van der Waals surface area contributed by atoms with Crippen LogP contribution in [0.2, 0.25) is 0 Å². The van der Waals surface area contributed by atoms with E-state index in [-0.39, 0.29) is 17.0 Å². The Bertz CT molecular complexity index is 583. The van der Waals surface area contributed by atoms with Gasteiger partial charge >= 0.3 is 6.03 Å². The summed E-state index contributed by atoms with van der Waals surface area (Å²) in [5.74, 6) is 0.366. The van der Waals surface area contributed by atoms with Crippen molar-refractivity contribution in [2.24, 2.45) is 5.92 Å². The number of sulfonamides is 1. The van der Waals surface area contributed by atoms with Crippen LogP contribution in [0.5, 0.6) is 0 Å². The highest BCUT2D eigenvalue weighted by Gasteiger charge is 2.16. The Morgan fingerprint density at radius 1 is 1.14 bits per heavy atom. The summed E-state index contributed by atoms with van der Waals surface area (Å²) in [5.41, 5.74) is 0.545. The summed E-state index contributed by atoms with van der Waals surface area (Å²) in [4.78, 5) is 11.8. The van der Waals surface area contributed by atoms with Gasteiger partial charge in [0.2, 0.25) is 10.0 Å². The molecule has 0 aliphatic carbocycles. The standard InChI is InChI=1S/C15H25N3O3S/c1-5-12(4)18-22(20,21)14-8-6-13(7-9-14)17-15(19)16-10-11(2)3/h6-9,11-12,18H,5,10H2,1-4H3,(H2,16,17,19)/t12-/m1/s1. The van der Waals surface area contributed by atoms with Crippen molar-refractivity contribution in [2.75, 3.05) is 11.9 Å². The minimum atomic E-state index is -3.52. The minimum absolute atomic E-state index is 0.121. The van der Waals surface area contributed by atoms with Gasteiger partial charge in [-0.15, -0.1) is 0 Å². The molecule has 0 bridgehead atoms. The molecule has 0 radical (unpaired) electrons. The first-order valence-corrected chi connectivity index (χ1v) is 8.90. The van der Waals surface area contributed by atoms with Crippen LogP contribution in [0.3, 0.4) is 0 Å². The second-order valence-corrected chi connectivity index (χ2v) is 7.40. The molecule has 1 rings (SSSR count). The van der Waals surface area contributed by atoms with Crippen molar-refractivity contribution in [1.29, 1.82) is 0 Å². The van der Waals surface area contributed by atoms with Crippen molar-refractivity contribution in [3.05, 3.63) is 24.3 Å². The second-order valence-electron chi connectivity index (χ2n) is 5.68. The third-order valence-electron chi connectivity index (χ3n) is 3.06. The Morgan fingerprint density at radius 2 is 1.73 bits per heavy atom. The number of hydrogen-bond acceptors (Lipinski definition) is 3.